The summed E-state index contributed by atoms with van der Waals surface area (Å²) < 4.78 is 0. The second-order valence-electron chi connectivity index (χ2n) is 2.35. The lowest BCUT2D eigenvalue weighted by Crippen LogP contribution is -2.30. The largest absolute Gasteiger partial charge is 0.539 e. The zero-order chi connectivity index (χ0) is 12.7. The predicted octanol–water partition coefficient (Wildman–Crippen LogP) is -2.19. The van der Waals surface area contributed by atoms with Gasteiger partial charge in [-0.25, -0.2) is 9.78 Å². The highest BCUT2D eigenvalue weighted by Crippen LogP contribution is 2.05. The Morgan fingerprint density at radius 3 is 2.19 bits per heavy atom. The summed E-state index contributed by atoms with van der Waals surface area (Å²) >= 11 is 0. The van der Waals surface area contributed by atoms with Gasteiger partial charge in [-0.3, -0.25) is 15.8 Å². The van der Waals surface area contributed by atoms with Crippen LogP contribution in [0.2, 0.25) is 0 Å². The van der Waals surface area contributed by atoms with E-state index in [0.717, 1.165) is 0 Å². The van der Waals surface area contributed by atoms with Gasteiger partial charge in [-0.15, -0.1) is 0 Å². The Kier molecular flexibility index (Phi) is 4.90. The number of nitrogens with two attached hydrogens (primary N) is 1. The van der Waals surface area contributed by atoms with Crippen molar-refractivity contribution >= 4 is 23.4 Å². The van der Waals surface area contributed by atoms with Gasteiger partial charge in [0.1, 0.15) is 0 Å². The van der Waals surface area contributed by atoms with Gasteiger partial charge in [0.2, 0.25) is 0 Å². The van der Waals surface area contributed by atoms with Crippen LogP contribution >= 0.6 is 0 Å². The van der Waals surface area contributed by atoms with Crippen molar-refractivity contribution in [2.45, 2.75) is 0 Å². The Labute approximate surface area is 88.3 Å². The lowest BCUT2D eigenvalue weighted by Gasteiger charge is -1.85. The first-order valence-electron chi connectivity index (χ1n) is 3.70. The van der Waals surface area contributed by atoms with Crippen molar-refractivity contribution in [3.05, 3.63) is 28.4 Å². The molecule has 0 saturated heterocycles. The highest BCUT2D eigenvalue weighted by Gasteiger charge is 2.05. The maximum Gasteiger partial charge on any atom is 0.351 e. The van der Waals surface area contributed by atoms with Gasteiger partial charge in [0.05, 0.1) is 4.92 Å². The molecule has 0 spiro atoms. The van der Waals surface area contributed by atoms with Crippen molar-refractivity contribution in [2.24, 2.45) is 0 Å². The molecule has 0 amide bonds. The molecule has 1 rings (SSSR count). The van der Waals surface area contributed by atoms with Gasteiger partial charge < -0.3 is 15.0 Å². The summed E-state index contributed by atoms with van der Waals surface area (Å²) in [5.41, 5.74) is 5.26. The van der Waals surface area contributed by atoms with Crippen LogP contribution in [0.5, 0.6) is 0 Å². The van der Waals surface area contributed by atoms with Crippen LogP contribution in [0, 0.1) is 10.1 Å². The third kappa shape index (κ3) is 5.11. The molecule has 0 aromatic carbocycles. The first-order chi connectivity index (χ1) is 7.34. The van der Waals surface area contributed by atoms with Gasteiger partial charge in [0.25, 0.3) is 5.82 Å². The van der Waals surface area contributed by atoms with E-state index < -0.39 is 16.9 Å². The van der Waals surface area contributed by atoms with Crippen molar-refractivity contribution in [2.75, 3.05) is 5.73 Å². The van der Waals surface area contributed by atoms with Crippen molar-refractivity contribution in [1.29, 1.82) is 0 Å². The van der Waals surface area contributed by atoms with Crippen LogP contribution in [0.25, 0.3) is 0 Å². The van der Waals surface area contributed by atoms with Crippen molar-refractivity contribution < 1.29 is 29.7 Å². The topological polar surface area (TPSA) is 161 Å². The summed E-state index contributed by atoms with van der Waals surface area (Å²) in [7, 11) is 0. The fourth-order valence-corrected chi connectivity index (χ4v) is 0.542. The number of H-pyrrole nitrogens is 1. The number of nitrogen functional groups attached to an aromatic ring is 1. The summed E-state index contributed by atoms with van der Waals surface area (Å²) in [4.78, 5) is 30.1. The van der Waals surface area contributed by atoms with Gasteiger partial charge in [0, 0.05) is 12.1 Å². The summed E-state index contributed by atoms with van der Waals surface area (Å²) in [5, 5.41) is 26.4. The van der Waals surface area contributed by atoms with Crippen LogP contribution < -0.4 is 15.8 Å². The van der Waals surface area contributed by atoms with Gasteiger partial charge in [-0.2, -0.15) is 0 Å². The average Bonchev–Trinajstić information content (AvgIpc) is 2.19. The number of carbonyl (C=O) groups is 2. The van der Waals surface area contributed by atoms with Crippen LogP contribution in [0.3, 0.4) is 0 Å². The van der Waals surface area contributed by atoms with Crippen LogP contribution in [0.1, 0.15) is 0 Å². The number of carboxylic acid groups (broad SMARTS) is 2. The Hall–Kier alpha value is -2.71. The Bertz CT molecular complexity index is 389. The lowest BCUT2D eigenvalue weighted by atomic mass is 10.4. The number of aromatic amines is 1. The number of carboxylic acids is 2. The van der Waals surface area contributed by atoms with E-state index in [2.05, 4.69) is 4.98 Å². The number of aromatic nitrogens is 1. The second kappa shape index (κ2) is 5.90. The normalized spacial score (nSPS) is 8.50. The molecule has 0 aliphatic heterocycles. The zero-order valence-electron chi connectivity index (χ0n) is 7.75. The molecule has 0 radical (unpaired) electrons. The molecule has 4 N–H and O–H groups in total. The molecule has 1 aromatic rings. The van der Waals surface area contributed by atoms with Gasteiger partial charge in [-0.05, 0) is 0 Å². The van der Waals surface area contributed by atoms with Crippen LogP contribution in [0.15, 0.2) is 18.3 Å². The third-order valence-corrected chi connectivity index (χ3v) is 1.21. The molecule has 0 bridgehead atoms. The fraction of sp³-hybridized carbons (Fsp3) is 0. The van der Waals surface area contributed by atoms with E-state index in [1.165, 1.54) is 18.3 Å². The number of hydrogen-bond donors (Lipinski definition) is 2. The summed E-state index contributed by atoms with van der Waals surface area (Å²) in [5.74, 6) is -3.60. The molecule has 9 nitrogen and oxygen atoms in total. The molecule has 9 heteroatoms. The molecule has 1 heterocycles. The molecule has 16 heavy (non-hydrogen) atoms. The number of nitro groups is 1. The van der Waals surface area contributed by atoms with Crippen LogP contribution in [-0.4, -0.2) is 22.0 Å². The van der Waals surface area contributed by atoms with Gasteiger partial charge >= 0.3 is 11.7 Å². The highest BCUT2D eigenvalue weighted by atomic mass is 16.6. The maximum absolute atomic E-state index is 10.1. The summed E-state index contributed by atoms with van der Waals surface area (Å²) in [6, 6.07) is 2.78. The minimum absolute atomic E-state index is 0.00852. The molecular weight excluding hydrogens is 222 g/mol. The molecular formula is C7H7N3O6. The van der Waals surface area contributed by atoms with E-state index in [9.17, 15) is 10.1 Å². The van der Waals surface area contributed by atoms with E-state index >= 15 is 0 Å². The minimum Gasteiger partial charge on any atom is -0.539 e. The summed E-state index contributed by atoms with van der Waals surface area (Å²) in [6.07, 6.45) is 1.25. The number of pyridine rings is 1. The first-order valence-corrected chi connectivity index (χ1v) is 3.70. The monoisotopic (exact) mass is 229 g/mol. The van der Waals surface area contributed by atoms with Crippen molar-refractivity contribution in [3.63, 3.8) is 0 Å². The number of rotatable bonds is 1. The quantitative estimate of drug-likeness (QED) is 0.314. The molecule has 0 aliphatic carbocycles. The van der Waals surface area contributed by atoms with Crippen LogP contribution in [0.4, 0.5) is 11.5 Å². The fourth-order valence-electron chi connectivity index (χ4n) is 0.542. The molecule has 86 valence electrons. The molecule has 0 aliphatic rings. The standard InChI is InChI=1S/C5H5N3O2.C2H2O4/c6-5-2-1-4(3-7-5)8(9)10;3-1(4)2(5)6/h1-3H,(H2,6,7);(H,3,4)(H,5,6). The number of carbonyl (C=O) groups excluding carboxylic acids is 1. The predicted molar refractivity (Wildman–Crippen MR) is 46.7 cm³/mol. The van der Waals surface area contributed by atoms with Crippen LogP contribution in [-0.2, 0) is 9.59 Å². The van der Waals surface area contributed by atoms with E-state index in [1.54, 1.807) is 0 Å². The van der Waals surface area contributed by atoms with E-state index in [1.807, 2.05) is 0 Å². The van der Waals surface area contributed by atoms with Gasteiger partial charge in [-0.1, -0.05) is 0 Å². The molecule has 0 atom stereocenters. The molecule has 0 fully saturated rings. The Morgan fingerprint density at radius 1 is 1.44 bits per heavy atom. The smallest absolute Gasteiger partial charge is 0.351 e. The minimum atomic E-state index is -2.07. The number of anilines is 1. The Morgan fingerprint density at radius 2 is 1.94 bits per heavy atom. The number of aliphatic carboxylic acids is 2. The van der Waals surface area contributed by atoms with E-state index in [-0.39, 0.29) is 5.69 Å². The van der Waals surface area contributed by atoms with E-state index in [0.29, 0.717) is 5.82 Å². The third-order valence-electron chi connectivity index (χ3n) is 1.21. The van der Waals surface area contributed by atoms with Gasteiger partial charge in [0.15, 0.2) is 12.2 Å². The molecule has 1 aromatic heterocycles. The van der Waals surface area contributed by atoms with Crippen molar-refractivity contribution in [1.82, 2.24) is 0 Å². The average molecular weight is 229 g/mol. The van der Waals surface area contributed by atoms with E-state index in [4.69, 9.17) is 25.5 Å². The maximum atomic E-state index is 10.1. The molecule has 0 saturated carbocycles. The zero-order valence-corrected chi connectivity index (χ0v) is 7.75. The number of nitrogens with zero attached hydrogens (tertiary/aromatic N) is 1. The molecule has 0 unspecified atom stereocenters. The number of nitrogens with one attached hydrogen (secondary N) is 1. The highest BCUT2D eigenvalue weighted by molar-refractivity contribution is 6.26. The number of hydrogen-bond acceptors (Lipinski definition) is 6. The SMILES string of the molecule is Nc1ccc([N+](=O)[O-])c[nH+]1.O=C([O-])C(=O)O. The lowest BCUT2D eigenvalue weighted by molar-refractivity contribution is -0.413. The second-order valence-corrected chi connectivity index (χ2v) is 2.35. The van der Waals surface area contributed by atoms with Crippen molar-refractivity contribution in [3.8, 4) is 0 Å². The summed E-state index contributed by atoms with van der Waals surface area (Å²) in [6.45, 7) is 0. The Balaban J connectivity index is 0.000000325. The first kappa shape index (κ1) is 13.3.